The standard InChI is InChI=1S/C22H27FN6O3/c1-2-18-17-4-3-16(23)11-19(17)29(25-18)21-24-20(32-26-21)15-6-8-27(9-7-15)12-14-5-10-28(13-14)22(30)31/h3-4,11,14-15H,2,5-10,12-13H2,1H3,(H,30,31)/t14-/m1/s1. The highest BCUT2D eigenvalue weighted by Crippen LogP contribution is 2.29. The van der Waals surface area contributed by atoms with Gasteiger partial charge in [-0.3, -0.25) is 0 Å². The maximum absolute atomic E-state index is 13.8. The third-order valence-corrected chi connectivity index (χ3v) is 6.68. The molecule has 4 heterocycles. The number of piperidine rings is 1. The molecule has 3 aromatic rings. The van der Waals surface area contributed by atoms with Crippen LogP contribution in [0, 0.1) is 11.7 Å². The molecule has 0 radical (unpaired) electrons. The first-order valence-corrected chi connectivity index (χ1v) is 11.2. The normalized spacial score (nSPS) is 20.4. The number of aromatic nitrogens is 4. The van der Waals surface area contributed by atoms with E-state index >= 15 is 0 Å². The molecule has 1 aromatic carbocycles. The van der Waals surface area contributed by atoms with E-state index in [1.165, 1.54) is 17.0 Å². The molecule has 9 nitrogen and oxygen atoms in total. The summed E-state index contributed by atoms with van der Waals surface area (Å²) < 4.78 is 21.0. The minimum absolute atomic E-state index is 0.177. The first-order valence-electron chi connectivity index (χ1n) is 11.2. The van der Waals surface area contributed by atoms with Crippen LogP contribution >= 0.6 is 0 Å². The number of carboxylic acid groups (broad SMARTS) is 1. The molecule has 5 rings (SSSR count). The van der Waals surface area contributed by atoms with Crippen LogP contribution in [-0.4, -0.2) is 73.6 Å². The van der Waals surface area contributed by atoms with Crippen molar-refractivity contribution in [2.45, 2.75) is 38.5 Å². The van der Waals surface area contributed by atoms with Crippen molar-refractivity contribution in [1.82, 2.24) is 29.7 Å². The van der Waals surface area contributed by atoms with Crippen LogP contribution in [0.15, 0.2) is 22.7 Å². The number of nitrogens with zero attached hydrogens (tertiary/aromatic N) is 6. The van der Waals surface area contributed by atoms with Gasteiger partial charge in [-0.05, 0) is 62.0 Å². The van der Waals surface area contributed by atoms with Gasteiger partial charge < -0.3 is 19.4 Å². The molecule has 2 aliphatic heterocycles. The molecular weight excluding hydrogens is 415 g/mol. The van der Waals surface area contributed by atoms with Crippen LogP contribution < -0.4 is 0 Å². The molecule has 32 heavy (non-hydrogen) atoms. The number of benzene rings is 1. The summed E-state index contributed by atoms with van der Waals surface area (Å²) in [4.78, 5) is 19.6. The topological polar surface area (TPSA) is 101 Å². The molecule has 10 heteroatoms. The Morgan fingerprint density at radius 2 is 2.06 bits per heavy atom. The SMILES string of the molecule is CCc1nn(-c2noc(C3CCN(C[C@H]4CCN(C(=O)O)C4)CC3)n2)c2cc(F)ccc12. The zero-order chi connectivity index (χ0) is 22.2. The number of halogens is 1. The van der Waals surface area contributed by atoms with Crippen LogP contribution in [0.5, 0.6) is 0 Å². The van der Waals surface area contributed by atoms with Gasteiger partial charge in [0.05, 0.1) is 11.2 Å². The summed E-state index contributed by atoms with van der Waals surface area (Å²) in [5.74, 6) is 1.17. The predicted octanol–water partition coefficient (Wildman–Crippen LogP) is 3.29. The van der Waals surface area contributed by atoms with E-state index in [0.717, 1.165) is 56.4 Å². The van der Waals surface area contributed by atoms with E-state index in [-0.39, 0.29) is 11.7 Å². The smallest absolute Gasteiger partial charge is 0.407 e. The fourth-order valence-corrected chi connectivity index (χ4v) is 4.93. The molecule has 2 aromatic heterocycles. The number of aryl methyl sites for hydroxylation is 1. The molecule has 0 bridgehead atoms. The van der Waals surface area contributed by atoms with Crippen LogP contribution in [0.1, 0.15) is 43.7 Å². The number of carbonyl (C=O) groups is 1. The molecule has 0 aliphatic carbocycles. The Morgan fingerprint density at radius 3 is 2.78 bits per heavy atom. The first kappa shape index (κ1) is 20.9. The van der Waals surface area contributed by atoms with Gasteiger partial charge in [0.1, 0.15) is 5.82 Å². The van der Waals surface area contributed by atoms with Crippen LogP contribution in [-0.2, 0) is 6.42 Å². The summed E-state index contributed by atoms with van der Waals surface area (Å²) in [5.41, 5.74) is 1.50. The van der Waals surface area contributed by atoms with E-state index in [4.69, 9.17) is 9.63 Å². The number of hydrogen-bond acceptors (Lipinski definition) is 6. The minimum atomic E-state index is -0.822. The van der Waals surface area contributed by atoms with Gasteiger partial charge in [-0.2, -0.15) is 14.8 Å². The number of amides is 1. The largest absolute Gasteiger partial charge is 0.465 e. The molecule has 0 saturated carbocycles. The number of likely N-dealkylation sites (tertiary alicyclic amines) is 2. The molecule has 2 aliphatic rings. The Kier molecular flexibility index (Phi) is 5.54. The van der Waals surface area contributed by atoms with Crippen LogP contribution in [0.3, 0.4) is 0 Å². The van der Waals surface area contributed by atoms with Gasteiger partial charge in [0.25, 0.3) is 5.95 Å². The Bertz CT molecular complexity index is 1120. The summed E-state index contributed by atoms with van der Waals surface area (Å²) >= 11 is 0. The average molecular weight is 442 g/mol. The minimum Gasteiger partial charge on any atom is -0.465 e. The van der Waals surface area contributed by atoms with E-state index in [9.17, 15) is 9.18 Å². The van der Waals surface area contributed by atoms with E-state index in [1.807, 2.05) is 6.92 Å². The number of hydrogen-bond donors (Lipinski definition) is 1. The Labute approximate surface area is 184 Å². The van der Waals surface area contributed by atoms with E-state index < -0.39 is 6.09 Å². The van der Waals surface area contributed by atoms with Crippen LogP contribution in [0.4, 0.5) is 9.18 Å². The van der Waals surface area contributed by atoms with Crippen LogP contribution in [0.2, 0.25) is 0 Å². The Balaban J connectivity index is 1.24. The molecule has 1 amide bonds. The van der Waals surface area contributed by atoms with Crippen molar-refractivity contribution in [2.24, 2.45) is 5.92 Å². The van der Waals surface area contributed by atoms with Crippen molar-refractivity contribution in [3.05, 3.63) is 35.6 Å². The highest BCUT2D eigenvalue weighted by atomic mass is 19.1. The van der Waals surface area contributed by atoms with Crippen molar-refractivity contribution in [3.8, 4) is 5.95 Å². The lowest BCUT2D eigenvalue weighted by Gasteiger charge is -2.32. The summed E-state index contributed by atoms with van der Waals surface area (Å²) in [6.07, 6.45) is 2.65. The van der Waals surface area contributed by atoms with Crippen molar-refractivity contribution in [1.29, 1.82) is 0 Å². The summed E-state index contributed by atoms with van der Waals surface area (Å²) in [6, 6.07) is 4.63. The van der Waals surface area contributed by atoms with Gasteiger partial charge in [0, 0.05) is 37.0 Å². The van der Waals surface area contributed by atoms with Crippen molar-refractivity contribution >= 4 is 17.0 Å². The first-order chi connectivity index (χ1) is 15.5. The molecular formula is C22H27FN6O3. The van der Waals surface area contributed by atoms with E-state index in [2.05, 4.69) is 20.1 Å². The second-order valence-electron chi connectivity index (χ2n) is 8.76. The average Bonchev–Trinajstić information content (AvgIpc) is 3.52. The monoisotopic (exact) mass is 442 g/mol. The summed E-state index contributed by atoms with van der Waals surface area (Å²) in [5, 5.41) is 18.7. The molecule has 0 unspecified atom stereocenters. The van der Waals surface area contributed by atoms with E-state index in [1.54, 1.807) is 10.7 Å². The lowest BCUT2D eigenvalue weighted by atomic mass is 9.95. The zero-order valence-electron chi connectivity index (χ0n) is 18.1. The second-order valence-corrected chi connectivity index (χ2v) is 8.76. The number of rotatable bonds is 5. The van der Waals surface area contributed by atoms with Gasteiger partial charge in [0.2, 0.25) is 5.89 Å². The van der Waals surface area contributed by atoms with E-state index in [0.29, 0.717) is 36.4 Å². The fraction of sp³-hybridized carbons (Fsp3) is 0.545. The Hall–Kier alpha value is -3.01. The van der Waals surface area contributed by atoms with Gasteiger partial charge in [-0.15, -0.1) is 0 Å². The molecule has 170 valence electrons. The maximum atomic E-state index is 13.8. The highest BCUT2D eigenvalue weighted by Gasteiger charge is 2.30. The lowest BCUT2D eigenvalue weighted by molar-refractivity contribution is 0.147. The predicted molar refractivity (Wildman–Crippen MR) is 114 cm³/mol. The Morgan fingerprint density at radius 1 is 1.25 bits per heavy atom. The summed E-state index contributed by atoms with van der Waals surface area (Å²) in [6.45, 7) is 6.03. The third-order valence-electron chi connectivity index (χ3n) is 6.68. The second kappa shape index (κ2) is 8.50. The van der Waals surface area contributed by atoms with Crippen LogP contribution in [0.25, 0.3) is 16.9 Å². The molecule has 0 spiro atoms. The molecule has 2 saturated heterocycles. The van der Waals surface area contributed by atoms with Gasteiger partial charge >= 0.3 is 6.09 Å². The van der Waals surface area contributed by atoms with Gasteiger partial charge in [-0.1, -0.05) is 6.92 Å². The van der Waals surface area contributed by atoms with Crippen molar-refractivity contribution < 1.29 is 18.8 Å². The zero-order valence-corrected chi connectivity index (χ0v) is 18.1. The van der Waals surface area contributed by atoms with Gasteiger partial charge in [-0.25, -0.2) is 9.18 Å². The van der Waals surface area contributed by atoms with Crippen molar-refractivity contribution in [3.63, 3.8) is 0 Å². The van der Waals surface area contributed by atoms with Gasteiger partial charge in [0.15, 0.2) is 0 Å². The number of fused-ring (bicyclic) bond motifs is 1. The quantitative estimate of drug-likeness (QED) is 0.647. The third kappa shape index (κ3) is 3.94. The lowest BCUT2D eigenvalue weighted by Crippen LogP contribution is -2.37. The molecule has 1 N–H and O–H groups in total. The highest BCUT2D eigenvalue weighted by molar-refractivity contribution is 5.83. The van der Waals surface area contributed by atoms with Crippen molar-refractivity contribution in [2.75, 3.05) is 32.7 Å². The molecule has 1 atom stereocenters. The fourth-order valence-electron chi connectivity index (χ4n) is 4.93. The molecule has 2 fully saturated rings. The maximum Gasteiger partial charge on any atom is 0.407 e. The summed E-state index contributed by atoms with van der Waals surface area (Å²) in [7, 11) is 0.